The van der Waals surface area contributed by atoms with Crippen molar-refractivity contribution < 1.29 is 9.18 Å². The number of carbonyl (C=O) groups is 1. The lowest BCUT2D eigenvalue weighted by Crippen LogP contribution is -2.10. The summed E-state index contributed by atoms with van der Waals surface area (Å²) < 4.78 is 14.4. The van der Waals surface area contributed by atoms with Crippen molar-refractivity contribution in [3.63, 3.8) is 0 Å². The summed E-state index contributed by atoms with van der Waals surface area (Å²) in [5.74, 6) is -0.746. The number of anilines is 1. The molecule has 1 amide bonds. The quantitative estimate of drug-likeness (QED) is 0.713. The van der Waals surface area contributed by atoms with Crippen LogP contribution in [0.15, 0.2) is 48.5 Å². The Balaban J connectivity index is 2.00. The van der Waals surface area contributed by atoms with Crippen LogP contribution in [0.25, 0.3) is 10.1 Å². The van der Waals surface area contributed by atoms with Crippen LogP contribution >= 0.6 is 22.9 Å². The number of benzene rings is 2. The molecule has 3 rings (SSSR count). The first-order valence-corrected chi connectivity index (χ1v) is 7.09. The zero-order valence-electron chi connectivity index (χ0n) is 10.2. The van der Waals surface area contributed by atoms with Crippen LogP contribution in [-0.2, 0) is 0 Å². The standard InChI is InChI=1S/C15H9ClFNOS/c16-13-12-10(17)7-4-8-11(12)20-14(13)15(19)18-9-5-2-1-3-6-9/h1-8H,(H,18,19). The minimum Gasteiger partial charge on any atom is -0.321 e. The van der Waals surface area contributed by atoms with Gasteiger partial charge in [0.05, 0.1) is 5.02 Å². The smallest absolute Gasteiger partial charge is 0.267 e. The molecule has 1 aromatic heterocycles. The van der Waals surface area contributed by atoms with Gasteiger partial charge in [-0.05, 0) is 24.3 Å². The highest BCUT2D eigenvalue weighted by Gasteiger charge is 2.19. The lowest BCUT2D eigenvalue weighted by molar-refractivity contribution is 0.103. The first-order chi connectivity index (χ1) is 9.66. The number of fused-ring (bicyclic) bond motifs is 1. The Morgan fingerprint density at radius 2 is 1.85 bits per heavy atom. The summed E-state index contributed by atoms with van der Waals surface area (Å²) in [5.41, 5.74) is 0.673. The number of halogens is 2. The third kappa shape index (κ3) is 2.28. The largest absolute Gasteiger partial charge is 0.321 e. The topological polar surface area (TPSA) is 29.1 Å². The van der Waals surface area contributed by atoms with E-state index < -0.39 is 5.82 Å². The Bertz CT molecular complexity index is 785. The highest BCUT2D eigenvalue weighted by atomic mass is 35.5. The zero-order valence-corrected chi connectivity index (χ0v) is 11.8. The summed E-state index contributed by atoms with van der Waals surface area (Å²) in [6.45, 7) is 0. The van der Waals surface area contributed by atoms with Crippen molar-refractivity contribution >= 4 is 44.6 Å². The number of carbonyl (C=O) groups excluding carboxylic acids is 1. The summed E-state index contributed by atoms with van der Waals surface area (Å²) >= 11 is 7.31. The number of nitrogens with one attached hydrogen (secondary N) is 1. The van der Waals surface area contributed by atoms with E-state index in [4.69, 9.17) is 11.6 Å². The Kier molecular flexibility index (Phi) is 3.42. The number of hydrogen-bond acceptors (Lipinski definition) is 2. The van der Waals surface area contributed by atoms with Gasteiger partial charge in [0.2, 0.25) is 0 Å². The molecule has 100 valence electrons. The normalized spacial score (nSPS) is 10.7. The second-order valence-electron chi connectivity index (χ2n) is 4.18. The predicted molar refractivity (Wildman–Crippen MR) is 81.2 cm³/mol. The van der Waals surface area contributed by atoms with E-state index in [-0.39, 0.29) is 10.9 Å². The minimum atomic E-state index is -0.414. The number of rotatable bonds is 2. The molecule has 0 fully saturated rings. The van der Waals surface area contributed by atoms with Gasteiger partial charge in [-0.3, -0.25) is 4.79 Å². The van der Waals surface area contributed by atoms with Crippen molar-refractivity contribution in [1.29, 1.82) is 0 Å². The van der Waals surface area contributed by atoms with Gasteiger partial charge in [0, 0.05) is 15.8 Å². The van der Waals surface area contributed by atoms with E-state index >= 15 is 0 Å². The van der Waals surface area contributed by atoms with E-state index in [9.17, 15) is 9.18 Å². The van der Waals surface area contributed by atoms with Crippen LogP contribution in [-0.4, -0.2) is 5.91 Å². The molecule has 0 aliphatic carbocycles. The van der Waals surface area contributed by atoms with Crippen LogP contribution in [0.2, 0.25) is 5.02 Å². The minimum absolute atomic E-state index is 0.163. The fourth-order valence-corrected chi connectivity index (χ4v) is 3.38. The van der Waals surface area contributed by atoms with Crippen molar-refractivity contribution in [1.82, 2.24) is 0 Å². The summed E-state index contributed by atoms with van der Waals surface area (Å²) in [4.78, 5) is 12.5. The summed E-state index contributed by atoms with van der Waals surface area (Å²) in [6.07, 6.45) is 0. The lowest BCUT2D eigenvalue weighted by atomic mass is 10.2. The van der Waals surface area contributed by atoms with E-state index in [1.165, 1.54) is 17.4 Å². The van der Waals surface area contributed by atoms with Crippen molar-refractivity contribution in [3.8, 4) is 0 Å². The highest BCUT2D eigenvalue weighted by Crippen LogP contribution is 2.37. The van der Waals surface area contributed by atoms with Gasteiger partial charge in [0.25, 0.3) is 5.91 Å². The number of thiophene rings is 1. The second kappa shape index (κ2) is 5.23. The number of para-hydroxylation sites is 1. The molecule has 0 atom stereocenters. The average molecular weight is 306 g/mol. The Morgan fingerprint density at radius 1 is 1.10 bits per heavy atom. The molecule has 0 saturated carbocycles. The number of hydrogen-bond donors (Lipinski definition) is 1. The van der Waals surface area contributed by atoms with E-state index in [2.05, 4.69) is 5.32 Å². The third-order valence-corrected chi connectivity index (χ3v) is 4.49. The van der Waals surface area contributed by atoms with Crippen LogP contribution in [0, 0.1) is 5.82 Å². The van der Waals surface area contributed by atoms with Crippen LogP contribution in [0.4, 0.5) is 10.1 Å². The lowest BCUT2D eigenvalue weighted by Gasteiger charge is -2.03. The molecule has 1 N–H and O–H groups in total. The maximum absolute atomic E-state index is 13.7. The first-order valence-electron chi connectivity index (χ1n) is 5.90. The van der Waals surface area contributed by atoms with Crippen LogP contribution in [0.5, 0.6) is 0 Å². The SMILES string of the molecule is O=C(Nc1ccccc1)c1sc2cccc(F)c2c1Cl. The number of amides is 1. The fourth-order valence-electron chi connectivity index (χ4n) is 1.93. The van der Waals surface area contributed by atoms with Gasteiger partial charge in [-0.2, -0.15) is 0 Å². The van der Waals surface area contributed by atoms with Crippen molar-refractivity contribution in [2.45, 2.75) is 0 Å². The molecule has 0 radical (unpaired) electrons. The van der Waals surface area contributed by atoms with E-state index in [0.29, 0.717) is 20.7 Å². The van der Waals surface area contributed by atoms with E-state index in [1.54, 1.807) is 24.3 Å². The predicted octanol–water partition coefficient (Wildman–Crippen LogP) is 4.95. The summed E-state index contributed by atoms with van der Waals surface area (Å²) in [5, 5.41) is 3.21. The molecule has 20 heavy (non-hydrogen) atoms. The Hall–Kier alpha value is -1.91. The average Bonchev–Trinajstić information content (AvgIpc) is 2.79. The maximum Gasteiger partial charge on any atom is 0.267 e. The molecule has 3 aromatic rings. The van der Waals surface area contributed by atoms with Crippen LogP contribution < -0.4 is 5.32 Å². The van der Waals surface area contributed by atoms with Gasteiger partial charge in [-0.15, -0.1) is 11.3 Å². The molecule has 1 heterocycles. The highest BCUT2D eigenvalue weighted by molar-refractivity contribution is 7.21. The van der Waals surface area contributed by atoms with Gasteiger partial charge in [0.15, 0.2) is 0 Å². The first kappa shape index (κ1) is 13.1. The molecule has 2 nitrogen and oxygen atoms in total. The monoisotopic (exact) mass is 305 g/mol. The molecule has 0 bridgehead atoms. The van der Waals surface area contributed by atoms with E-state index in [1.807, 2.05) is 18.2 Å². The Morgan fingerprint density at radius 3 is 2.55 bits per heavy atom. The van der Waals surface area contributed by atoms with E-state index in [0.717, 1.165) is 0 Å². The van der Waals surface area contributed by atoms with Crippen molar-refractivity contribution in [2.24, 2.45) is 0 Å². The van der Waals surface area contributed by atoms with Gasteiger partial charge < -0.3 is 5.32 Å². The van der Waals surface area contributed by atoms with Crippen molar-refractivity contribution in [3.05, 3.63) is 64.2 Å². The van der Waals surface area contributed by atoms with Crippen LogP contribution in [0.3, 0.4) is 0 Å². The van der Waals surface area contributed by atoms with Crippen LogP contribution in [0.1, 0.15) is 9.67 Å². The molecule has 0 spiro atoms. The summed E-state index contributed by atoms with van der Waals surface area (Å²) in [7, 11) is 0. The van der Waals surface area contributed by atoms with Gasteiger partial charge in [0.1, 0.15) is 10.7 Å². The van der Waals surface area contributed by atoms with Gasteiger partial charge in [-0.25, -0.2) is 4.39 Å². The maximum atomic E-state index is 13.7. The van der Waals surface area contributed by atoms with Gasteiger partial charge in [-0.1, -0.05) is 35.9 Å². The third-order valence-electron chi connectivity index (χ3n) is 2.84. The Labute approximate surface area is 123 Å². The molecule has 2 aromatic carbocycles. The molecule has 0 saturated heterocycles. The molecule has 5 heteroatoms. The fraction of sp³-hybridized carbons (Fsp3) is 0. The van der Waals surface area contributed by atoms with Crippen molar-refractivity contribution in [2.75, 3.05) is 5.32 Å². The zero-order chi connectivity index (χ0) is 14.1. The molecule has 0 aliphatic heterocycles. The molecular formula is C15H9ClFNOS. The second-order valence-corrected chi connectivity index (χ2v) is 5.61. The molecule has 0 aliphatic rings. The summed E-state index contributed by atoms with van der Waals surface area (Å²) in [6, 6.07) is 13.7. The van der Waals surface area contributed by atoms with Gasteiger partial charge >= 0.3 is 0 Å². The molecular weight excluding hydrogens is 297 g/mol. The molecule has 0 unspecified atom stereocenters.